The van der Waals surface area contributed by atoms with Gasteiger partial charge in [0.1, 0.15) is 0 Å². The number of oxime groups is 1. The molecule has 0 saturated heterocycles. The number of nitrogens with zero attached hydrogens (tertiary/aromatic N) is 1. The van der Waals surface area contributed by atoms with Gasteiger partial charge in [-0.15, -0.1) is 0 Å². The van der Waals surface area contributed by atoms with Gasteiger partial charge in [-0.25, -0.2) is 13.1 Å². The fraction of sp³-hybridized carbons (Fsp3) is 0.333. The van der Waals surface area contributed by atoms with Crippen molar-refractivity contribution in [3.63, 3.8) is 0 Å². The Kier molecular flexibility index (Phi) is 6.12. The number of hydrogen-bond donors (Lipinski definition) is 4. The Hall–Kier alpha value is -2.13. The lowest BCUT2D eigenvalue weighted by molar-refractivity contribution is 0.0956. The molecule has 1 aromatic rings. The number of benzene rings is 1. The summed E-state index contributed by atoms with van der Waals surface area (Å²) in [4.78, 5) is 11.8. The van der Waals surface area contributed by atoms with Gasteiger partial charge in [-0.2, -0.15) is 0 Å². The number of carbonyl (C=O) groups is 1. The minimum absolute atomic E-state index is 0.0101. The van der Waals surface area contributed by atoms with Crippen LogP contribution < -0.4 is 15.8 Å². The average Bonchev–Trinajstić information content (AvgIpc) is 2.46. The molecule has 0 aliphatic heterocycles. The Balaban J connectivity index is 2.57. The molecule has 116 valence electrons. The molecule has 0 bridgehead atoms. The lowest BCUT2D eigenvalue weighted by Crippen LogP contribution is -2.34. The zero-order valence-corrected chi connectivity index (χ0v) is 12.4. The van der Waals surface area contributed by atoms with Crippen molar-refractivity contribution in [2.24, 2.45) is 10.9 Å². The zero-order chi connectivity index (χ0) is 15.9. The monoisotopic (exact) mass is 314 g/mol. The first-order chi connectivity index (χ1) is 9.89. The van der Waals surface area contributed by atoms with Crippen molar-refractivity contribution in [1.29, 1.82) is 0 Å². The van der Waals surface area contributed by atoms with Crippen molar-refractivity contribution >= 4 is 21.8 Å². The van der Waals surface area contributed by atoms with Crippen LogP contribution in [0.15, 0.2) is 29.4 Å². The number of hydrogen-bond acceptors (Lipinski definition) is 5. The molecule has 1 amide bonds. The predicted molar refractivity (Wildman–Crippen MR) is 78.7 cm³/mol. The summed E-state index contributed by atoms with van der Waals surface area (Å²) in [6, 6.07) is 6.06. The second-order valence-corrected chi connectivity index (χ2v) is 6.06. The molecular formula is C12H18N4O4S. The Morgan fingerprint density at radius 1 is 1.29 bits per heavy atom. The van der Waals surface area contributed by atoms with E-state index < -0.39 is 15.9 Å². The standard InChI is InChI=1S/C12H18N4O4S/c1-2-15-21(19,20)8-7-14-12(17)10-5-3-9(4-6-10)11(13)16-18/h3-6,15,18H,2,7-8H2,1H3,(H2,13,16)(H,14,17). The lowest BCUT2D eigenvalue weighted by atomic mass is 10.1. The van der Waals surface area contributed by atoms with E-state index in [1.807, 2.05) is 0 Å². The molecular weight excluding hydrogens is 296 g/mol. The lowest BCUT2D eigenvalue weighted by Gasteiger charge is -2.07. The van der Waals surface area contributed by atoms with Crippen molar-refractivity contribution in [2.45, 2.75) is 6.92 Å². The summed E-state index contributed by atoms with van der Waals surface area (Å²) in [5.41, 5.74) is 6.23. The van der Waals surface area contributed by atoms with Crippen LogP contribution in [0.2, 0.25) is 0 Å². The summed E-state index contributed by atoms with van der Waals surface area (Å²) in [6.45, 7) is 2.00. The van der Waals surface area contributed by atoms with Gasteiger partial charge >= 0.3 is 0 Å². The van der Waals surface area contributed by atoms with E-state index in [1.165, 1.54) is 24.3 Å². The number of nitrogens with two attached hydrogens (primary N) is 1. The van der Waals surface area contributed by atoms with Gasteiger partial charge in [-0.05, 0) is 12.1 Å². The number of amidine groups is 1. The molecule has 0 saturated carbocycles. The Labute approximate surface area is 123 Å². The van der Waals surface area contributed by atoms with Gasteiger partial charge in [0.2, 0.25) is 10.0 Å². The molecule has 1 rings (SSSR count). The van der Waals surface area contributed by atoms with Crippen molar-refractivity contribution in [3.05, 3.63) is 35.4 Å². The first-order valence-electron chi connectivity index (χ1n) is 6.23. The van der Waals surface area contributed by atoms with Crippen LogP contribution in [0.5, 0.6) is 0 Å². The predicted octanol–water partition coefficient (Wildman–Crippen LogP) is -0.550. The topological polar surface area (TPSA) is 134 Å². The average molecular weight is 314 g/mol. The first kappa shape index (κ1) is 16.9. The molecule has 9 heteroatoms. The van der Waals surface area contributed by atoms with Crippen molar-refractivity contribution in [2.75, 3.05) is 18.8 Å². The summed E-state index contributed by atoms with van der Waals surface area (Å²) in [6.07, 6.45) is 0. The van der Waals surface area contributed by atoms with E-state index in [0.29, 0.717) is 17.7 Å². The number of rotatable bonds is 7. The van der Waals surface area contributed by atoms with Crippen LogP contribution in [0.4, 0.5) is 0 Å². The third kappa shape index (κ3) is 5.40. The molecule has 0 aromatic heterocycles. The number of nitrogens with one attached hydrogen (secondary N) is 2. The third-order valence-corrected chi connectivity index (χ3v) is 4.04. The number of sulfonamides is 1. The minimum Gasteiger partial charge on any atom is -0.409 e. The first-order valence-corrected chi connectivity index (χ1v) is 7.88. The zero-order valence-electron chi connectivity index (χ0n) is 11.5. The highest BCUT2D eigenvalue weighted by molar-refractivity contribution is 7.89. The number of carbonyl (C=O) groups excluding carboxylic acids is 1. The number of amides is 1. The van der Waals surface area contributed by atoms with Crippen LogP contribution in [0.25, 0.3) is 0 Å². The van der Waals surface area contributed by atoms with E-state index >= 15 is 0 Å². The van der Waals surface area contributed by atoms with Crippen molar-refractivity contribution in [3.8, 4) is 0 Å². The van der Waals surface area contributed by atoms with Crippen LogP contribution in [0, 0.1) is 0 Å². The maximum absolute atomic E-state index is 11.8. The Morgan fingerprint density at radius 2 is 1.86 bits per heavy atom. The molecule has 0 heterocycles. The second kappa shape index (κ2) is 7.60. The summed E-state index contributed by atoms with van der Waals surface area (Å²) in [7, 11) is -3.36. The molecule has 0 aliphatic carbocycles. The molecule has 1 aromatic carbocycles. The molecule has 0 spiro atoms. The van der Waals surface area contributed by atoms with Crippen LogP contribution in [-0.4, -0.2) is 44.2 Å². The van der Waals surface area contributed by atoms with Crippen LogP contribution in [0.1, 0.15) is 22.8 Å². The van der Waals surface area contributed by atoms with Crippen LogP contribution in [0.3, 0.4) is 0 Å². The van der Waals surface area contributed by atoms with E-state index in [1.54, 1.807) is 6.92 Å². The third-order valence-electron chi connectivity index (χ3n) is 2.57. The van der Waals surface area contributed by atoms with Crippen molar-refractivity contribution < 1.29 is 18.4 Å². The summed E-state index contributed by atoms with van der Waals surface area (Å²) in [5.74, 6) is -0.638. The molecule has 21 heavy (non-hydrogen) atoms. The highest BCUT2D eigenvalue weighted by Gasteiger charge is 2.10. The van der Waals surface area contributed by atoms with Gasteiger partial charge in [0, 0.05) is 24.2 Å². The molecule has 0 radical (unpaired) electrons. The molecule has 0 fully saturated rings. The summed E-state index contributed by atoms with van der Waals surface area (Å²) in [5, 5.41) is 13.9. The quantitative estimate of drug-likeness (QED) is 0.232. The smallest absolute Gasteiger partial charge is 0.251 e. The van der Waals surface area contributed by atoms with E-state index in [0.717, 1.165) is 0 Å². The highest BCUT2D eigenvalue weighted by atomic mass is 32.2. The Morgan fingerprint density at radius 3 is 2.38 bits per heavy atom. The largest absolute Gasteiger partial charge is 0.409 e. The van der Waals surface area contributed by atoms with Crippen molar-refractivity contribution in [1.82, 2.24) is 10.0 Å². The normalized spacial score (nSPS) is 12.1. The van der Waals surface area contributed by atoms with Gasteiger partial charge in [0.05, 0.1) is 5.75 Å². The minimum atomic E-state index is -3.36. The van der Waals surface area contributed by atoms with Gasteiger partial charge < -0.3 is 16.3 Å². The maximum atomic E-state index is 11.8. The molecule has 8 nitrogen and oxygen atoms in total. The van der Waals surface area contributed by atoms with Gasteiger partial charge in [0.15, 0.2) is 5.84 Å². The van der Waals surface area contributed by atoms with E-state index in [9.17, 15) is 13.2 Å². The van der Waals surface area contributed by atoms with Crippen LogP contribution >= 0.6 is 0 Å². The second-order valence-electron chi connectivity index (χ2n) is 4.14. The Bertz CT molecular complexity index is 611. The maximum Gasteiger partial charge on any atom is 0.251 e. The molecule has 5 N–H and O–H groups in total. The summed E-state index contributed by atoms with van der Waals surface area (Å²) >= 11 is 0. The highest BCUT2D eigenvalue weighted by Crippen LogP contribution is 2.04. The van der Waals surface area contributed by atoms with Gasteiger partial charge in [-0.1, -0.05) is 24.2 Å². The molecule has 0 unspecified atom stereocenters. The molecule has 0 atom stereocenters. The van der Waals surface area contributed by atoms with E-state index in [4.69, 9.17) is 10.9 Å². The fourth-order valence-electron chi connectivity index (χ4n) is 1.54. The molecule has 0 aliphatic rings. The van der Waals surface area contributed by atoms with Gasteiger partial charge in [-0.3, -0.25) is 4.79 Å². The van der Waals surface area contributed by atoms with E-state index in [-0.39, 0.29) is 18.1 Å². The fourth-order valence-corrected chi connectivity index (χ4v) is 2.50. The van der Waals surface area contributed by atoms with Gasteiger partial charge in [0.25, 0.3) is 5.91 Å². The SMILES string of the molecule is CCNS(=O)(=O)CCNC(=O)c1ccc(/C(N)=N/O)cc1. The van der Waals surface area contributed by atoms with Crippen LogP contribution in [-0.2, 0) is 10.0 Å². The van der Waals surface area contributed by atoms with E-state index in [2.05, 4.69) is 15.2 Å². The summed E-state index contributed by atoms with van der Waals surface area (Å²) < 4.78 is 25.1.